The lowest BCUT2D eigenvalue weighted by molar-refractivity contribution is -0.136. The van der Waals surface area contributed by atoms with Crippen molar-refractivity contribution in [1.82, 2.24) is 14.1 Å². The van der Waals surface area contributed by atoms with Gasteiger partial charge in [0.15, 0.2) is 0 Å². The van der Waals surface area contributed by atoms with E-state index < -0.39 is 10.0 Å². The third-order valence-corrected chi connectivity index (χ3v) is 9.49. The first-order valence-electron chi connectivity index (χ1n) is 12.6. The summed E-state index contributed by atoms with van der Waals surface area (Å²) in [7, 11) is -3.62. The molecule has 2 amide bonds. The first-order chi connectivity index (χ1) is 15.9. The summed E-state index contributed by atoms with van der Waals surface area (Å²) >= 11 is 0. The Morgan fingerprint density at radius 3 is 2.15 bits per heavy atom. The number of nitrogens with zero attached hydrogens (tertiary/aromatic N) is 3. The maximum Gasteiger partial charge on any atom is 0.253 e. The predicted octanol–water partition coefficient (Wildman–Crippen LogP) is 3.50. The molecule has 3 saturated heterocycles. The number of hydrogen-bond acceptors (Lipinski definition) is 4. The minimum Gasteiger partial charge on any atom is -0.342 e. The van der Waals surface area contributed by atoms with Crippen LogP contribution in [0, 0.1) is 5.92 Å². The van der Waals surface area contributed by atoms with E-state index in [1.807, 2.05) is 11.8 Å². The Labute approximate surface area is 198 Å². The first-order valence-corrected chi connectivity index (χ1v) is 14.0. The molecule has 3 aliphatic rings. The Hall–Kier alpha value is -1.93. The second-order valence-electron chi connectivity index (χ2n) is 9.79. The molecule has 182 valence electrons. The monoisotopic (exact) mass is 475 g/mol. The average molecular weight is 476 g/mol. The Morgan fingerprint density at radius 1 is 0.818 bits per heavy atom. The molecule has 0 saturated carbocycles. The van der Waals surface area contributed by atoms with Crippen LogP contribution in [0.25, 0.3) is 0 Å². The van der Waals surface area contributed by atoms with Gasteiger partial charge >= 0.3 is 0 Å². The van der Waals surface area contributed by atoms with Gasteiger partial charge in [-0.15, -0.1) is 0 Å². The fraction of sp³-hybridized carbons (Fsp3) is 0.680. The summed E-state index contributed by atoms with van der Waals surface area (Å²) in [5.41, 5.74) is 0.401. The molecule has 8 heteroatoms. The summed E-state index contributed by atoms with van der Waals surface area (Å²) in [5.74, 6) is 0.0756. The summed E-state index contributed by atoms with van der Waals surface area (Å²) in [5, 5.41) is 0. The number of hydrogen-bond donors (Lipinski definition) is 0. The van der Waals surface area contributed by atoms with Crippen molar-refractivity contribution < 1.29 is 18.0 Å². The zero-order valence-electron chi connectivity index (χ0n) is 19.7. The number of benzene rings is 1. The Kier molecular flexibility index (Phi) is 7.74. The number of piperidine rings is 2. The van der Waals surface area contributed by atoms with Crippen molar-refractivity contribution in [2.24, 2.45) is 5.92 Å². The number of sulfonamides is 1. The molecule has 0 aromatic heterocycles. The van der Waals surface area contributed by atoms with Crippen LogP contribution in [0.4, 0.5) is 0 Å². The fourth-order valence-electron chi connectivity index (χ4n) is 5.42. The third kappa shape index (κ3) is 5.43. The lowest BCUT2D eigenvalue weighted by Crippen LogP contribution is -2.44. The zero-order valence-corrected chi connectivity index (χ0v) is 20.6. The Bertz CT molecular complexity index is 948. The SMILES string of the molecule is C[C@@H]1CCCCN1S(=O)(=O)c1cccc(C(=O)N2CCC(C(=O)N3CCCCCC3)CC2)c1. The van der Waals surface area contributed by atoms with E-state index in [1.165, 1.54) is 18.9 Å². The molecule has 0 aliphatic carbocycles. The van der Waals surface area contributed by atoms with Crippen LogP contribution in [0.5, 0.6) is 0 Å². The van der Waals surface area contributed by atoms with E-state index in [1.54, 1.807) is 27.4 Å². The van der Waals surface area contributed by atoms with Crippen molar-refractivity contribution in [3.05, 3.63) is 29.8 Å². The molecule has 3 heterocycles. The largest absolute Gasteiger partial charge is 0.342 e. The highest BCUT2D eigenvalue weighted by atomic mass is 32.2. The molecule has 7 nitrogen and oxygen atoms in total. The van der Waals surface area contributed by atoms with Crippen molar-refractivity contribution in [3.63, 3.8) is 0 Å². The van der Waals surface area contributed by atoms with Gasteiger partial charge in [0.2, 0.25) is 15.9 Å². The van der Waals surface area contributed by atoms with E-state index >= 15 is 0 Å². The van der Waals surface area contributed by atoms with Gasteiger partial charge < -0.3 is 9.80 Å². The second kappa shape index (κ2) is 10.6. The van der Waals surface area contributed by atoms with E-state index in [0.29, 0.717) is 38.0 Å². The van der Waals surface area contributed by atoms with Crippen molar-refractivity contribution in [2.45, 2.75) is 75.6 Å². The van der Waals surface area contributed by atoms with Crippen molar-refractivity contribution in [3.8, 4) is 0 Å². The molecule has 0 bridgehead atoms. The molecule has 0 N–H and O–H groups in total. The minimum absolute atomic E-state index is 0.0144. The van der Waals surface area contributed by atoms with Gasteiger partial charge in [0.1, 0.15) is 0 Å². The summed E-state index contributed by atoms with van der Waals surface area (Å²) in [6.45, 7) is 5.25. The summed E-state index contributed by atoms with van der Waals surface area (Å²) < 4.78 is 28.0. The average Bonchev–Trinajstić information content (AvgIpc) is 3.13. The molecule has 3 fully saturated rings. The number of rotatable bonds is 4. The van der Waals surface area contributed by atoms with Gasteiger partial charge in [0.25, 0.3) is 5.91 Å². The highest BCUT2D eigenvalue weighted by molar-refractivity contribution is 7.89. The van der Waals surface area contributed by atoms with Crippen LogP contribution in [0.2, 0.25) is 0 Å². The van der Waals surface area contributed by atoms with Crippen LogP contribution in [0.1, 0.15) is 75.1 Å². The number of carbonyl (C=O) groups is 2. The fourth-order valence-corrected chi connectivity index (χ4v) is 7.16. The zero-order chi connectivity index (χ0) is 23.4. The van der Waals surface area contributed by atoms with Gasteiger partial charge in [-0.3, -0.25) is 9.59 Å². The van der Waals surface area contributed by atoms with Gasteiger partial charge in [-0.25, -0.2) is 8.42 Å². The Morgan fingerprint density at radius 2 is 1.48 bits per heavy atom. The number of amides is 2. The summed E-state index contributed by atoms with van der Waals surface area (Å²) in [4.78, 5) is 30.1. The smallest absolute Gasteiger partial charge is 0.253 e. The van der Waals surface area contributed by atoms with E-state index in [0.717, 1.165) is 45.2 Å². The van der Waals surface area contributed by atoms with Crippen LogP contribution < -0.4 is 0 Å². The Balaban J connectivity index is 1.39. The molecule has 1 atom stereocenters. The van der Waals surface area contributed by atoms with E-state index in [9.17, 15) is 18.0 Å². The van der Waals surface area contributed by atoms with Gasteiger partial charge in [0, 0.05) is 50.2 Å². The molecule has 1 aromatic carbocycles. The molecular formula is C25H37N3O4S. The lowest BCUT2D eigenvalue weighted by Gasteiger charge is -2.34. The van der Waals surface area contributed by atoms with Gasteiger partial charge in [-0.05, 0) is 63.6 Å². The van der Waals surface area contributed by atoms with Crippen molar-refractivity contribution in [2.75, 3.05) is 32.7 Å². The van der Waals surface area contributed by atoms with Crippen molar-refractivity contribution >= 4 is 21.8 Å². The van der Waals surface area contributed by atoms with Gasteiger partial charge in [-0.2, -0.15) is 4.31 Å². The standard InChI is InChI=1S/C25H37N3O4S/c1-20-9-4-7-16-28(20)33(31,32)23-11-8-10-22(19-23)25(30)27-17-12-21(13-18-27)24(29)26-14-5-2-3-6-15-26/h8,10-11,19-21H,2-7,9,12-18H2,1H3/t20-/m1/s1. The van der Waals surface area contributed by atoms with Gasteiger partial charge in [-0.1, -0.05) is 25.3 Å². The number of likely N-dealkylation sites (tertiary alicyclic amines) is 2. The van der Waals surface area contributed by atoms with Crippen LogP contribution in [0.3, 0.4) is 0 Å². The van der Waals surface area contributed by atoms with E-state index in [4.69, 9.17) is 0 Å². The third-order valence-electron chi connectivity index (χ3n) is 7.48. The molecule has 4 rings (SSSR count). The summed E-state index contributed by atoms with van der Waals surface area (Å²) in [6.07, 6.45) is 8.67. The van der Waals surface area contributed by atoms with Crippen molar-refractivity contribution in [1.29, 1.82) is 0 Å². The molecule has 1 aromatic rings. The molecule has 33 heavy (non-hydrogen) atoms. The maximum absolute atomic E-state index is 13.2. The van der Waals surface area contributed by atoms with Crippen LogP contribution >= 0.6 is 0 Å². The summed E-state index contributed by atoms with van der Waals surface area (Å²) in [6, 6.07) is 6.43. The topological polar surface area (TPSA) is 78.0 Å². The molecule has 0 radical (unpaired) electrons. The van der Waals surface area contributed by atoms with Crippen LogP contribution in [-0.4, -0.2) is 73.1 Å². The minimum atomic E-state index is -3.62. The molecule has 3 aliphatic heterocycles. The van der Waals surface area contributed by atoms with E-state index in [-0.39, 0.29) is 28.7 Å². The second-order valence-corrected chi connectivity index (χ2v) is 11.7. The van der Waals surface area contributed by atoms with Gasteiger partial charge in [0.05, 0.1) is 4.90 Å². The van der Waals surface area contributed by atoms with Crippen LogP contribution in [-0.2, 0) is 14.8 Å². The van der Waals surface area contributed by atoms with Crippen LogP contribution in [0.15, 0.2) is 29.2 Å². The molecule has 0 unspecified atom stereocenters. The van der Waals surface area contributed by atoms with E-state index in [2.05, 4.69) is 0 Å². The number of carbonyl (C=O) groups excluding carboxylic acids is 2. The lowest BCUT2D eigenvalue weighted by atomic mass is 9.94. The first kappa shape index (κ1) is 24.2. The molecular weight excluding hydrogens is 438 g/mol. The predicted molar refractivity (Wildman–Crippen MR) is 127 cm³/mol. The maximum atomic E-state index is 13.2. The quantitative estimate of drug-likeness (QED) is 0.668. The normalized spacial score (nSPS) is 23.8. The molecule has 0 spiro atoms. The highest BCUT2D eigenvalue weighted by Crippen LogP contribution is 2.27. The highest BCUT2D eigenvalue weighted by Gasteiger charge is 2.33.